The van der Waals surface area contributed by atoms with E-state index >= 15 is 4.39 Å². The van der Waals surface area contributed by atoms with Gasteiger partial charge in [0.1, 0.15) is 29.4 Å². The van der Waals surface area contributed by atoms with Crippen LogP contribution < -0.4 is 15.0 Å². The third-order valence-electron chi connectivity index (χ3n) is 9.81. The van der Waals surface area contributed by atoms with Crippen LogP contribution in [0.3, 0.4) is 0 Å². The number of hydrogen-bond donors (Lipinski definition) is 2. The average molecular weight is 565 g/mol. The van der Waals surface area contributed by atoms with Crippen LogP contribution in [0.5, 0.6) is 11.8 Å². The molecule has 2 atom stereocenters. The molecule has 214 valence electrons. The molecule has 0 saturated carbocycles. The van der Waals surface area contributed by atoms with E-state index < -0.39 is 5.82 Å². The van der Waals surface area contributed by atoms with Crippen LogP contribution in [-0.4, -0.2) is 75.4 Å². The lowest BCUT2D eigenvalue weighted by atomic mass is 9.95. The van der Waals surface area contributed by atoms with Crippen LogP contribution in [0.1, 0.15) is 44.1 Å². The van der Waals surface area contributed by atoms with E-state index in [1.165, 1.54) is 6.07 Å². The number of nitrogens with zero attached hydrogens (tertiary/aromatic N) is 5. The zero-order valence-electron chi connectivity index (χ0n) is 23.4. The molecule has 0 spiro atoms. The highest BCUT2D eigenvalue weighted by atomic mass is 19.1. The Morgan fingerprint density at radius 3 is 2.67 bits per heavy atom. The number of piperazine rings is 1. The first-order valence-electron chi connectivity index (χ1n) is 15.0. The Bertz CT molecular complexity index is 1750. The van der Waals surface area contributed by atoms with Crippen LogP contribution in [0, 0.1) is 18.2 Å². The summed E-state index contributed by atoms with van der Waals surface area (Å²) < 4.78 is 23.1. The first-order chi connectivity index (χ1) is 20.5. The quantitative estimate of drug-likeness (QED) is 0.340. The predicted octanol–water partition coefficient (Wildman–Crippen LogP) is 4.62. The van der Waals surface area contributed by atoms with Gasteiger partial charge in [0, 0.05) is 47.9 Å². The monoisotopic (exact) mass is 564 g/mol. The number of anilines is 1. The number of hydrogen-bond acceptors (Lipinski definition) is 8. The van der Waals surface area contributed by atoms with Gasteiger partial charge in [-0.05, 0) is 75.2 Å². The maximum Gasteiger partial charge on any atom is 0.319 e. The second-order valence-electron chi connectivity index (χ2n) is 12.3. The van der Waals surface area contributed by atoms with E-state index in [0.717, 1.165) is 64.7 Å². The molecule has 0 amide bonds. The smallest absolute Gasteiger partial charge is 0.319 e. The molecule has 2 N–H and O–H groups in total. The molecule has 2 aromatic heterocycles. The molecule has 8 rings (SSSR count). The maximum absolute atomic E-state index is 16.7. The molecule has 4 fully saturated rings. The standard InChI is InChI=1S/C33H33FN6O2/c1-2-20-6-3-7-21-14-24(41)15-25(27(20)21)29-28(34)30-26(16-35-29)31(39-17-22-8-9-23(18-39)36-22)38-32(37-30)42-19-33-10-4-12-40(33)13-5-11-33/h1,3,6-7,14-16,22-23,36,41H,4-5,8-13,17-19H2/t22-,23+. The molecular weight excluding hydrogens is 531 g/mol. The van der Waals surface area contributed by atoms with Crippen molar-refractivity contribution in [2.24, 2.45) is 0 Å². The van der Waals surface area contributed by atoms with Gasteiger partial charge in [-0.25, -0.2) is 4.39 Å². The van der Waals surface area contributed by atoms with E-state index in [1.54, 1.807) is 12.3 Å². The number of benzene rings is 2. The Morgan fingerprint density at radius 2 is 1.90 bits per heavy atom. The van der Waals surface area contributed by atoms with Gasteiger partial charge in [0.05, 0.1) is 10.9 Å². The van der Waals surface area contributed by atoms with Gasteiger partial charge in [0.25, 0.3) is 0 Å². The number of ether oxygens (including phenoxy) is 1. The van der Waals surface area contributed by atoms with Crippen molar-refractivity contribution < 1.29 is 14.2 Å². The second kappa shape index (κ2) is 9.79. The molecule has 0 unspecified atom stereocenters. The maximum atomic E-state index is 16.7. The molecule has 6 heterocycles. The van der Waals surface area contributed by atoms with Gasteiger partial charge in [-0.2, -0.15) is 9.97 Å². The average Bonchev–Trinajstić information content (AvgIpc) is 3.68. The summed E-state index contributed by atoms with van der Waals surface area (Å²) in [4.78, 5) is 18.9. The summed E-state index contributed by atoms with van der Waals surface area (Å²) in [5, 5.41) is 16.1. The molecule has 9 heteroatoms. The zero-order valence-corrected chi connectivity index (χ0v) is 23.4. The number of phenols is 1. The lowest BCUT2D eigenvalue weighted by molar-refractivity contribution is 0.108. The molecule has 2 aromatic carbocycles. The van der Waals surface area contributed by atoms with Gasteiger partial charge >= 0.3 is 6.01 Å². The first kappa shape index (κ1) is 25.7. The van der Waals surface area contributed by atoms with E-state index in [1.807, 2.05) is 18.2 Å². The van der Waals surface area contributed by atoms with Crippen LogP contribution >= 0.6 is 0 Å². The molecule has 4 aliphatic heterocycles. The van der Waals surface area contributed by atoms with Crippen molar-refractivity contribution in [3.8, 4) is 35.4 Å². The normalized spacial score (nSPS) is 23.0. The second-order valence-corrected chi connectivity index (χ2v) is 12.3. The predicted molar refractivity (Wildman–Crippen MR) is 160 cm³/mol. The minimum absolute atomic E-state index is 0.00796. The number of phenolic OH excluding ortho intramolecular Hbond substituents is 1. The molecule has 4 saturated heterocycles. The third-order valence-corrected chi connectivity index (χ3v) is 9.81. The fourth-order valence-corrected chi connectivity index (χ4v) is 7.86. The Hall–Kier alpha value is -4.00. The molecule has 42 heavy (non-hydrogen) atoms. The Kier molecular flexibility index (Phi) is 5.99. The molecule has 2 bridgehead atoms. The summed E-state index contributed by atoms with van der Waals surface area (Å²) in [5.41, 5.74) is 1.28. The summed E-state index contributed by atoms with van der Waals surface area (Å²) in [5.74, 6) is 2.78. The topological polar surface area (TPSA) is 86.6 Å². The SMILES string of the molecule is C#Cc1cccc2cc(O)cc(-c3ncc4c(N5C[C@H]6CC[C@@H](C5)N6)nc(OCC56CCCN5CCC6)nc4c3F)c12. The van der Waals surface area contributed by atoms with Gasteiger partial charge < -0.3 is 20.1 Å². The molecule has 0 radical (unpaired) electrons. The molecule has 0 aliphatic carbocycles. The Morgan fingerprint density at radius 1 is 1.12 bits per heavy atom. The lowest BCUT2D eigenvalue weighted by Gasteiger charge is -2.34. The number of pyridine rings is 1. The van der Waals surface area contributed by atoms with Crippen LogP contribution in [0.25, 0.3) is 32.9 Å². The highest BCUT2D eigenvalue weighted by molar-refractivity contribution is 6.02. The summed E-state index contributed by atoms with van der Waals surface area (Å²) in [6.07, 6.45) is 14.2. The fourth-order valence-electron chi connectivity index (χ4n) is 7.86. The zero-order chi connectivity index (χ0) is 28.4. The number of terminal acetylenes is 1. The number of nitrogens with one attached hydrogen (secondary N) is 1. The van der Waals surface area contributed by atoms with Crippen molar-refractivity contribution in [2.75, 3.05) is 37.7 Å². The Balaban J connectivity index is 1.27. The lowest BCUT2D eigenvalue weighted by Crippen LogP contribution is -2.51. The molecule has 8 nitrogen and oxygen atoms in total. The van der Waals surface area contributed by atoms with Gasteiger partial charge in [0.2, 0.25) is 0 Å². The van der Waals surface area contributed by atoms with Gasteiger partial charge in [-0.3, -0.25) is 9.88 Å². The largest absolute Gasteiger partial charge is 0.508 e. The number of halogens is 1. The van der Waals surface area contributed by atoms with Crippen LogP contribution in [0.15, 0.2) is 36.5 Å². The van der Waals surface area contributed by atoms with E-state index in [2.05, 4.69) is 31.0 Å². The fraction of sp³-hybridized carbons (Fsp3) is 0.424. The first-order valence-corrected chi connectivity index (χ1v) is 15.0. The van der Waals surface area contributed by atoms with Crippen molar-refractivity contribution in [1.29, 1.82) is 0 Å². The summed E-state index contributed by atoms with van der Waals surface area (Å²) >= 11 is 0. The summed E-state index contributed by atoms with van der Waals surface area (Å²) in [6.45, 7) is 4.25. The van der Waals surface area contributed by atoms with E-state index in [4.69, 9.17) is 16.1 Å². The molecule has 4 aromatic rings. The number of rotatable bonds is 5. The van der Waals surface area contributed by atoms with E-state index in [-0.39, 0.29) is 28.5 Å². The van der Waals surface area contributed by atoms with Crippen molar-refractivity contribution in [1.82, 2.24) is 25.2 Å². The number of fused-ring (bicyclic) bond motifs is 5. The van der Waals surface area contributed by atoms with E-state index in [0.29, 0.717) is 51.8 Å². The molecular formula is C33H33FN6O2. The van der Waals surface area contributed by atoms with Crippen molar-refractivity contribution in [3.05, 3.63) is 47.9 Å². The molecule has 4 aliphatic rings. The number of aromatic nitrogens is 3. The van der Waals surface area contributed by atoms with E-state index in [9.17, 15) is 5.11 Å². The van der Waals surface area contributed by atoms with Crippen LogP contribution in [0.4, 0.5) is 10.2 Å². The Labute approximate surface area is 243 Å². The van der Waals surface area contributed by atoms with Crippen LogP contribution in [0.2, 0.25) is 0 Å². The van der Waals surface area contributed by atoms with Crippen molar-refractivity contribution >= 4 is 27.5 Å². The summed E-state index contributed by atoms with van der Waals surface area (Å²) in [6, 6.07) is 9.56. The van der Waals surface area contributed by atoms with Gasteiger partial charge in [-0.1, -0.05) is 18.1 Å². The summed E-state index contributed by atoms with van der Waals surface area (Å²) in [7, 11) is 0. The minimum Gasteiger partial charge on any atom is -0.508 e. The number of aromatic hydroxyl groups is 1. The highest BCUT2D eigenvalue weighted by Crippen LogP contribution is 2.41. The van der Waals surface area contributed by atoms with Crippen molar-refractivity contribution in [2.45, 2.75) is 56.1 Å². The van der Waals surface area contributed by atoms with Crippen LogP contribution in [-0.2, 0) is 0 Å². The highest BCUT2D eigenvalue weighted by Gasteiger charge is 2.45. The van der Waals surface area contributed by atoms with Gasteiger partial charge in [-0.15, -0.1) is 6.42 Å². The minimum atomic E-state index is -0.584. The van der Waals surface area contributed by atoms with Crippen molar-refractivity contribution in [3.63, 3.8) is 0 Å². The van der Waals surface area contributed by atoms with Gasteiger partial charge in [0.15, 0.2) is 5.82 Å². The third kappa shape index (κ3) is 4.08.